The molecule has 7 nitrogen and oxygen atoms in total. The predicted molar refractivity (Wildman–Crippen MR) is 96.1 cm³/mol. The summed E-state index contributed by atoms with van der Waals surface area (Å²) in [4.78, 5) is 20.5. The van der Waals surface area contributed by atoms with Crippen molar-refractivity contribution in [2.24, 2.45) is 0 Å². The molecule has 0 spiro atoms. The SMILES string of the molecule is O=C(Nc1ccc(Br)nc1)c1ccc(-c2nnc3ncccn23)cc1. The first-order valence-electron chi connectivity index (χ1n) is 7.40. The Balaban J connectivity index is 1.57. The van der Waals surface area contributed by atoms with E-state index in [-0.39, 0.29) is 5.91 Å². The Morgan fingerprint density at radius 2 is 1.88 bits per heavy atom. The summed E-state index contributed by atoms with van der Waals surface area (Å²) in [7, 11) is 0. The zero-order chi connectivity index (χ0) is 17.2. The number of hydrogen-bond acceptors (Lipinski definition) is 5. The van der Waals surface area contributed by atoms with E-state index in [0.717, 1.165) is 5.56 Å². The number of nitrogens with zero attached hydrogens (tertiary/aromatic N) is 5. The molecular formula is C17H11BrN6O. The summed E-state index contributed by atoms with van der Waals surface area (Å²) in [5.74, 6) is 0.998. The van der Waals surface area contributed by atoms with Gasteiger partial charge in [-0.05, 0) is 46.3 Å². The maximum absolute atomic E-state index is 12.3. The van der Waals surface area contributed by atoms with Crippen LogP contribution in [0.4, 0.5) is 5.69 Å². The fraction of sp³-hybridized carbons (Fsp3) is 0. The second kappa shape index (κ2) is 6.40. The Morgan fingerprint density at radius 1 is 1.04 bits per heavy atom. The van der Waals surface area contributed by atoms with Gasteiger partial charge in [0, 0.05) is 23.5 Å². The van der Waals surface area contributed by atoms with E-state index in [9.17, 15) is 4.79 Å². The normalized spacial score (nSPS) is 10.8. The van der Waals surface area contributed by atoms with Crippen LogP contribution in [0.1, 0.15) is 10.4 Å². The van der Waals surface area contributed by atoms with E-state index >= 15 is 0 Å². The van der Waals surface area contributed by atoms with E-state index in [4.69, 9.17) is 0 Å². The lowest BCUT2D eigenvalue weighted by molar-refractivity contribution is 0.102. The lowest BCUT2D eigenvalue weighted by Crippen LogP contribution is -2.11. The maximum atomic E-state index is 12.3. The van der Waals surface area contributed by atoms with Crippen LogP contribution in [0.15, 0.2) is 65.7 Å². The zero-order valence-corrected chi connectivity index (χ0v) is 14.4. The number of amides is 1. The number of carbonyl (C=O) groups excluding carboxylic acids is 1. The first kappa shape index (κ1) is 15.4. The number of halogens is 1. The summed E-state index contributed by atoms with van der Waals surface area (Å²) >= 11 is 3.26. The van der Waals surface area contributed by atoms with E-state index < -0.39 is 0 Å². The number of pyridine rings is 1. The Kier molecular flexibility index (Phi) is 3.95. The van der Waals surface area contributed by atoms with E-state index in [1.807, 2.05) is 24.4 Å². The topological polar surface area (TPSA) is 85.1 Å². The van der Waals surface area contributed by atoms with Crippen molar-refractivity contribution in [3.63, 3.8) is 0 Å². The predicted octanol–water partition coefficient (Wildman–Crippen LogP) is 3.20. The van der Waals surface area contributed by atoms with Gasteiger partial charge in [0.2, 0.25) is 0 Å². The van der Waals surface area contributed by atoms with E-state index in [0.29, 0.717) is 27.5 Å². The lowest BCUT2D eigenvalue weighted by atomic mass is 10.1. The summed E-state index contributed by atoms with van der Waals surface area (Å²) in [6.07, 6.45) is 5.10. The van der Waals surface area contributed by atoms with Crippen molar-refractivity contribution in [1.29, 1.82) is 0 Å². The van der Waals surface area contributed by atoms with Crippen molar-refractivity contribution < 1.29 is 4.79 Å². The van der Waals surface area contributed by atoms with Crippen LogP contribution >= 0.6 is 15.9 Å². The highest BCUT2D eigenvalue weighted by Crippen LogP contribution is 2.19. The molecule has 4 rings (SSSR count). The molecule has 0 aliphatic heterocycles. The quantitative estimate of drug-likeness (QED) is 0.539. The lowest BCUT2D eigenvalue weighted by Gasteiger charge is -2.06. The minimum absolute atomic E-state index is 0.205. The second-order valence-electron chi connectivity index (χ2n) is 5.21. The van der Waals surface area contributed by atoms with Crippen molar-refractivity contribution >= 4 is 33.3 Å². The number of aromatic nitrogens is 5. The molecule has 0 saturated carbocycles. The first-order valence-corrected chi connectivity index (χ1v) is 8.19. The van der Waals surface area contributed by atoms with Gasteiger partial charge >= 0.3 is 0 Å². The third-order valence-corrected chi connectivity index (χ3v) is 4.05. The summed E-state index contributed by atoms with van der Waals surface area (Å²) in [5, 5.41) is 11.0. The van der Waals surface area contributed by atoms with Gasteiger partial charge in [0.05, 0.1) is 11.9 Å². The molecule has 0 bridgehead atoms. The van der Waals surface area contributed by atoms with Gasteiger partial charge in [0.25, 0.3) is 11.7 Å². The molecule has 1 aromatic carbocycles. The molecule has 0 radical (unpaired) electrons. The first-order chi connectivity index (χ1) is 12.2. The molecule has 122 valence electrons. The summed E-state index contributed by atoms with van der Waals surface area (Å²) in [5.41, 5.74) is 2.02. The fourth-order valence-corrected chi connectivity index (χ4v) is 2.60. The molecule has 0 unspecified atom stereocenters. The summed E-state index contributed by atoms with van der Waals surface area (Å²) in [6.45, 7) is 0. The molecule has 0 fully saturated rings. The Morgan fingerprint density at radius 3 is 2.64 bits per heavy atom. The third-order valence-electron chi connectivity index (χ3n) is 3.58. The minimum Gasteiger partial charge on any atom is -0.321 e. The molecule has 3 aromatic heterocycles. The number of rotatable bonds is 3. The van der Waals surface area contributed by atoms with Gasteiger partial charge in [-0.15, -0.1) is 10.2 Å². The molecule has 0 atom stereocenters. The van der Waals surface area contributed by atoms with Gasteiger partial charge in [0.1, 0.15) is 4.60 Å². The average Bonchev–Trinajstić information content (AvgIpc) is 3.08. The van der Waals surface area contributed by atoms with Gasteiger partial charge in [0.15, 0.2) is 5.82 Å². The summed E-state index contributed by atoms with van der Waals surface area (Å²) in [6, 6.07) is 12.5. The maximum Gasteiger partial charge on any atom is 0.255 e. The molecular weight excluding hydrogens is 384 g/mol. The van der Waals surface area contributed by atoms with Crippen LogP contribution in [-0.4, -0.2) is 30.5 Å². The standard InChI is InChI=1S/C17H11BrN6O/c18-14-7-6-13(10-20-14)21-16(25)12-4-2-11(3-5-12)15-22-23-17-19-8-1-9-24(15)17/h1-10H,(H,21,25). The van der Waals surface area contributed by atoms with Crippen LogP contribution in [0.5, 0.6) is 0 Å². The van der Waals surface area contributed by atoms with Gasteiger partial charge in [-0.1, -0.05) is 12.1 Å². The zero-order valence-electron chi connectivity index (χ0n) is 12.8. The van der Waals surface area contributed by atoms with Gasteiger partial charge in [-0.2, -0.15) is 0 Å². The van der Waals surface area contributed by atoms with Crippen molar-refractivity contribution in [2.75, 3.05) is 5.32 Å². The molecule has 8 heteroatoms. The molecule has 25 heavy (non-hydrogen) atoms. The number of hydrogen-bond donors (Lipinski definition) is 1. The van der Waals surface area contributed by atoms with Gasteiger partial charge < -0.3 is 5.32 Å². The van der Waals surface area contributed by atoms with Crippen LogP contribution in [0.3, 0.4) is 0 Å². The molecule has 1 amide bonds. The molecule has 0 saturated heterocycles. The average molecular weight is 395 g/mol. The highest BCUT2D eigenvalue weighted by Gasteiger charge is 2.10. The Labute approximate surface area is 150 Å². The number of benzene rings is 1. The minimum atomic E-state index is -0.205. The van der Waals surface area contributed by atoms with Crippen LogP contribution in [0, 0.1) is 0 Å². The molecule has 3 heterocycles. The van der Waals surface area contributed by atoms with Gasteiger partial charge in [-0.25, -0.2) is 9.97 Å². The number of anilines is 1. The highest BCUT2D eigenvalue weighted by atomic mass is 79.9. The highest BCUT2D eigenvalue weighted by molar-refractivity contribution is 9.10. The van der Waals surface area contributed by atoms with Crippen LogP contribution in [0.2, 0.25) is 0 Å². The number of fused-ring (bicyclic) bond motifs is 1. The van der Waals surface area contributed by atoms with Crippen LogP contribution in [0.25, 0.3) is 17.2 Å². The fourth-order valence-electron chi connectivity index (χ4n) is 2.36. The smallest absolute Gasteiger partial charge is 0.255 e. The van der Waals surface area contributed by atoms with E-state index in [1.54, 1.807) is 41.1 Å². The number of nitrogens with one attached hydrogen (secondary N) is 1. The monoisotopic (exact) mass is 394 g/mol. The van der Waals surface area contributed by atoms with Crippen molar-refractivity contribution in [3.05, 3.63) is 71.2 Å². The molecule has 0 aliphatic carbocycles. The van der Waals surface area contributed by atoms with Crippen LogP contribution in [-0.2, 0) is 0 Å². The van der Waals surface area contributed by atoms with Crippen molar-refractivity contribution in [2.45, 2.75) is 0 Å². The molecule has 4 aromatic rings. The number of carbonyl (C=O) groups is 1. The Bertz CT molecular complexity index is 1040. The van der Waals surface area contributed by atoms with E-state index in [1.165, 1.54) is 0 Å². The van der Waals surface area contributed by atoms with Gasteiger partial charge in [-0.3, -0.25) is 9.20 Å². The van der Waals surface area contributed by atoms with E-state index in [2.05, 4.69) is 41.4 Å². The second-order valence-corrected chi connectivity index (χ2v) is 6.03. The Hall–Kier alpha value is -3.13. The third kappa shape index (κ3) is 3.11. The van der Waals surface area contributed by atoms with Crippen molar-refractivity contribution in [3.8, 4) is 11.4 Å². The molecule has 0 aliphatic rings. The molecule has 1 N–H and O–H groups in total. The largest absolute Gasteiger partial charge is 0.321 e. The van der Waals surface area contributed by atoms with Crippen molar-refractivity contribution in [1.82, 2.24) is 24.6 Å². The van der Waals surface area contributed by atoms with Crippen LogP contribution < -0.4 is 5.32 Å². The summed E-state index contributed by atoms with van der Waals surface area (Å²) < 4.78 is 2.51.